The maximum atomic E-state index is 12.1. The quantitative estimate of drug-likeness (QED) is 0.583. The van der Waals surface area contributed by atoms with Gasteiger partial charge in [-0.25, -0.2) is 4.79 Å². The van der Waals surface area contributed by atoms with E-state index in [0.717, 1.165) is 10.0 Å². The molecule has 0 aromatic heterocycles. The Balaban J connectivity index is 1.83. The third kappa shape index (κ3) is 3.59. The fraction of sp³-hybridized carbons (Fsp3) is 0.222. The fourth-order valence-corrected chi connectivity index (χ4v) is 2.69. The van der Waals surface area contributed by atoms with Crippen LogP contribution in [0.25, 0.3) is 0 Å². The first kappa shape index (κ1) is 16.5. The van der Waals surface area contributed by atoms with E-state index in [2.05, 4.69) is 21.1 Å². The van der Waals surface area contributed by atoms with E-state index in [1.807, 2.05) is 19.1 Å². The van der Waals surface area contributed by atoms with Gasteiger partial charge in [0.2, 0.25) is 0 Å². The molecular formula is C18H16BrNO4. The summed E-state index contributed by atoms with van der Waals surface area (Å²) in [4.78, 5) is 17.2. The normalized spacial score (nSPS) is 17.8. The Kier molecular flexibility index (Phi) is 4.85. The number of ether oxygens (including phenoxy) is 2. The molecule has 1 aliphatic heterocycles. The summed E-state index contributed by atoms with van der Waals surface area (Å²) in [5.41, 5.74) is 1.92. The summed E-state index contributed by atoms with van der Waals surface area (Å²) < 4.78 is 11.9. The Morgan fingerprint density at radius 1 is 1.25 bits per heavy atom. The number of benzene rings is 2. The molecule has 0 N–H and O–H groups in total. The number of rotatable bonds is 3. The van der Waals surface area contributed by atoms with Gasteiger partial charge in [-0.05, 0) is 43.3 Å². The summed E-state index contributed by atoms with van der Waals surface area (Å²) in [5, 5.41) is 4.06. The van der Waals surface area contributed by atoms with Crippen LogP contribution in [0.1, 0.15) is 29.3 Å². The van der Waals surface area contributed by atoms with Crippen molar-refractivity contribution in [3.05, 3.63) is 58.1 Å². The van der Waals surface area contributed by atoms with Crippen molar-refractivity contribution in [2.24, 2.45) is 5.16 Å². The lowest BCUT2D eigenvalue weighted by Gasteiger charge is -2.24. The van der Waals surface area contributed by atoms with E-state index in [9.17, 15) is 4.79 Å². The van der Waals surface area contributed by atoms with Gasteiger partial charge in [-0.15, -0.1) is 0 Å². The van der Waals surface area contributed by atoms with Gasteiger partial charge in [0.25, 0.3) is 0 Å². The van der Waals surface area contributed by atoms with Crippen LogP contribution in [0, 0.1) is 0 Å². The standard InChI is InChI=1S/C18H16BrNO4/c1-11-9-16(15-8-7-14(22-2)10-17(15)23-11)20-24-18(21)12-3-5-13(19)6-4-12/h3-8,10-11H,9H2,1-2H3. The van der Waals surface area contributed by atoms with E-state index in [-0.39, 0.29) is 6.10 Å². The summed E-state index contributed by atoms with van der Waals surface area (Å²) in [5.74, 6) is 0.879. The van der Waals surface area contributed by atoms with Crippen molar-refractivity contribution in [1.82, 2.24) is 0 Å². The largest absolute Gasteiger partial charge is 0.497 e. The van der Waals surface area contributed by atoms with Crippen LogP contribution in [0.5, 0.6) is 11.5 Å². The van der Waals surface area contributed by atoms with E-state index >= 15 is 0 Å². The van der Waals surface area contributed by atoms with Gasteiger partial charge in [-0.1, -0.05) is 21.1 Å². The molecule has 0 bridgehead atoms. The highest BCUT2D eigenvalue weighted by Crippen LogP contribution is 2.31. The number of carbonyl (C=O) groups excluding carboxylic acids is 1. The van der Waals surface area contributed by atoms with Gasteiger partial charge in [-0.3, -0.25) is 0 Å². The van der Waals surface area contributed by atoms with Gasteiger partial charge in [0, 0.05) is 22.5 Å². The molecule has 0 saturated carbocycles. The van der Waals surface area contributed by atoms with E-state index in [4.69, 9.17) is 14.3 Å². The molecule has 0 fully saturated rings. The highest BCUT2D eigenvalue weighted by Gasteiger charge is 2.23. The number of fused-ring (bicyclic) bond motifs is 1. The highest BCUT2D eigenvalue weighted by molar-refractivity contribution is 9.10. The topological polar surface area (TPSA) is 57.1 Å². The summed E-state index contributed by atoms with van der Waals surface area (Å²) in [6.45, 7) is 1.94. The third-order valence-corrected chi connectivity index (χ3v) is 4.16. The van der Waals surface area contributed by atoms with Crippen molar-refractivity contribution in [3.63, 3.8) is 0 Å². The van der Waals surface area contributed by atoms with Crippen LogP contribution < -0.4 is 9.47 Å². The van der Waals surface area contributed by atoms with Gasteiger partial charge >= 0.3 is 5.97 Å². The molecule has 24 heavy (non-hydrogen) atoms. The SMILES string of the molecule is COc1ccc2c(c1)OC(C)CC2=NOC(=O)c1ccc(Br)cc1. The number of carbonyl (C=O) groups is 1. The van der Waals surface area contributed by atoms with Gasteiger partial charge in [0.1, 0.15) is 17.6 Å². The number of nitrogens with zero attached hydrogens (tertiary/aromatic N) is 1. The van der Waals surface area contributed by atoms with Crippen LogP contribution in [0.15, 0.2) is 52.1 Å². The fourth-order valence-electron chi connectivity index (χ4n) is 2.43. The summed E-state index contributed by atoms with van der Waals surface area (Å²) in [7, 11) is 1.60. The zero-order chi connectivity index (χ0) is 17.1. The predicted octanol–water partition coefficient (Wildman–Crippen LogP) is 4.19. The molecule has 2 aromatic rings. The average molecular weight is 390 g/mol. The van der Waals surface area contributed by atoms with E-state index in [1.165, 1.54) is 0 Å². The van der Waals surface area contributed by atoms with Crippen LogP contribution >= 0.6 is 15.9 Å². The minimum atomic E-state index is -0.496. The van der Waals surface area contributed by atoms with Crippen molar-refractivity contribution in [2.75, 3.05) is 7.11 Å². The first-order valence-electron chi connectivity index (χ1n) is 7.45. The van der Waals surface area contributed by atoms with Crippen LogP contribution in [-0.2, 0) is 4.84 Å². The third-order valence-electron chi connectivity index (χ3n) is 3.63. The second-order valence-corrected chi connectivity index (χ2v) is 6.33. The Hall–Kier alpha value is -2.34. The minimum Gasteiger partial charge on any atom is -0.497 e. The second-order valence-electron chi connectivity index (χ2n) is 5.42. The van der Waals surface area contributed by atoms with Crippen LogP contribution in [-0.4, -0.2) is 24.9 Å². The Bertz CT molecular complexity index is 786. The van der Waals surface area contributed by atoms with E-state index in [0.29, 0.717) is 29.2 Å². The van der Waals surface area contributed by atoms with Crippen LogP contribution in [0.3, 0.4) is 0 Å². The molecule has 0 saturated heterocycles. The maximum Gasteiger partial charge on any atom is 0.365 e. The molecular weight excluding hydrogens is 374 g/mol. The van der Waals surface area contributed by atoms with Crippen LogP contribution in [0.4, 0.5) is 0 Å². The summed E-state index contributed by atoms with van der Waals surface area (Å²) >= 11 is 3.33. The molecule has 1 atom stereocenters. The number of halogens is 1. The second kappa shape index (κ2) is 7.05. The van der Waals surface area contributed by atoms with E-state index < -0.39 is 5.97 Å². The number of oxime groups is 1. The molecule has 0 spiro atoms. The molecule has 1 unspecified atom stereocenters. The average Bonchev–Trinajstić information content (AvgIpc) is 2.59. The van der Waals surface area contributed by atoms with Gasteiger partial charge < -0.3 is 14.3 Å². The molecule has 2 aromatic carbocycles. The maximum absolute atomic E-state index is 12.1. The van der Waals surface area contributed by atoms with Gasteiger partial charge in [-0.2, -0.15) is 0 Å². The lowest BCUT2D eigenvalue weighted by molar-refractivity contribution is 0.0513. The van der Waals surface area contributed by atoms with Gasteiger partial charge in [0.05, 0.1) is 18.4 Å². The first-order chi connectivity index (χ1) is 11.6. The van der Waals surface area contributed by atoms with Crippen molar-refractivity contribution in [2.45, 2.75) is 19.4 Å². The van der Waals surface area contributed by atoms with Gasteiger partial charge in [0.15, 0.2) is 0 Å². The zero-order valence-corrected chi connectivity index (χ0v) is 14.9. The lowest BCUT2D eigenvalue weighted by Crippen LogP contribution is -2.25. The number of hydrogen-bond donors (Lipinski definition) is 0. The Morgan fingerprint density at radius 2 is 2.00 bits per heavy atom. The predicted molar refractivity (Wildman–Crippen MR) is 93.8 cm³/mol. The Morgan fingerprint density at radius 3 is 2.71 bits per heavy atom. The van der Waals surface area contributed by atoms with Crippen LogP contribution in [0.2, 0.25) is 0 Å². The highest BCUT2D eigenvalue weighted by atomic mass is 79.9. The summed E-state index contributed by atoms with van der Waals surface area (Å²) in [6.07, 6.45) is 0.502. The number of methoxy groups -OCH3 is 1. The molecule has 0 radical (unpaired) electrons. The molecule has 0 amide bonds. The first-order valence-corrected chi connectivity index (χ1v) is 8.25. The molecule has 3 rings (SSSR count). The molecule has 5 nitrogen and oxygen atoms in total. The number of hydrogen-bond acceptors (Lipinski definition) is 5. The molecule has 0 aliphatic carbocycles. The van der Waals surface area contributed by atoms with E-state index in [1.54, 1.807) is 37.4 Å². The monoisotopic (exact) mass is 389 g/mol. The molecule has 1 heterocycles. The summed E-state index contributed by atoms with van der Waals surface area (Å²) in [6, 6.07) is 12.4. The minimum absolute atomic E-state index is 0.0604. The molecule has 6 heteroatoms. The van der Waals surface area contributed by atoms with Crippen molar-refractivity contribution < 1.29 is 19.1 Å². The van der Waals surface area contributed by atoms with Crippen molar-refractivity contribution >= 4 is 27.6 Å². The Labute approximate surface area is 148 Å². The van der Waals surface area contributed by atoms with Crippen molar-refractivity contribution in [3.8, 4) is 11.5 Å². The smallest absolute Gasteiger partial charge is 0.365 e. The zero-order valence-electron chi connectivity index (χ0n) is 13.3. The molecule has 124 valence electrons. The lowest BCUT2D eigenvalue weighted by atomic mass is 10.0. The van der Waals surface area contributed by atoms with Crippen molar-refractivity contribution in [1.29, 1.82) is 0 Å². The molecule has 1 aliphatic rings.